The van der Waals surface area contributed by atoms with Crippen molar-refractivity contribution in [3.8, 4) is 0 Å². The molecule has 0 aliphatic carbocycles. The molecule has 0 aliphatic rings. The molecule has 0 atom stereocenters. The van der Waals surface area contributed by atoms with Crippen LogP contribution in [-0.2, 0) is 12.7 Å². The fourth-order valence-corrected chi connectivity index (χ4v) is 1.35. The van der Waals surface area contributed by atoms with E-state index in [1.165, 1.54) is 0 Å². The molecule has 1 rings (SSSR count). The van der Waals surface area contributed by atoms with Gasteiger partial charge < -0.3 is 5.32 Å². The maximum atomic E-state index is 12.0. The van der Waals surface area contributed by atoms with Gasteiger partial charge in [0.15, 0.2) is 0 Å². The molecule has 0 fully saturated rings. The molecule has 0 radical (unpaired) electrons. The van der Waals surface area contributed by atoms with E-state index < -0.39 is 11.2 Å². The summed E-state index contributed by atoms with van der Waals surface area (Å²) in [7, 11) is 0. The van der Waals surface area contributed by atoms with E-state index in [9.17, 15) is 13.2 Å². The summed E-state index contributed by atoms with van der Waals surface area (Å²) in [4.78, 5) is 0. The first kappa shape index (κ1) is 10.4. The van der Waals surface area contributed by atoms with Crippen LogP contribution in [0.25, 0.3) is 0 Å². The fraction of sp³-hybridized carbons (Fsp3) is 0.667. The van der Waals surface area contributed by atoms with Gasteiger partial charge in [0.2, 0.25) is 5.01 Å². The fourth-order valence-electron chi connectivity index (χ4n) is 0.672. The Hall–Kier alpha value is -0.690. The standard InChI is InChI=1S/C6H8F3N3S/c1-2-10-3-4-11-12-5(13-4)6(7,8)9/h10H,2-3H2,1H3. The molecule has 0 aliphatic heterocycles. The highest BCUT2D eigenvalue weighted by molar-refractivity contribution is 7.11. The van der Waals surface area contributed by atoms with E-state index in [-0.39, 0.29) is 0 Å². The summed E-state index contributed by atoms with van der Waals surface area (Å²) >= 11 is 0.570. The third kappa shape index (κ3) is 2.92. The van der Waals surface area contributed by atoms with Crippen LogP contribution in [0.1, 0.15) is 16.9 Å². The summed E-state index contributed by atoms with van der Waals surface area (Å²) < 4.78 is 36.0. The second-order valence-electron chi connectivity index (χ2n) is 2.28. The highest BCUT2D eigenvalue weighted by Crippen LogP contribution is 2.31. The molecule has 0 bridgehead atoms. The SMILES string of the molecule is CCNCc1nnc(C(F)(F)F)s1. The summed E-state index contributed by atoms with van der Waals surface area (Å²) in [5, 5.41) is 8.79. The molecule has 0 spiro atoms. The van der Waals surface area contributed by atoms with Crippen molar-refractivity contribution in [3.63, 3.8) is 0 Å². The van der Waals surface area contributed by atoms with Crippen LogP contribution in [0.2, 0.25) is 0 Å². The van der Waals surface area contributed by atoms with Crippen LogP contribution in [0.5, 0.6) is 0 Å². The van der Waals surface area contributed by atoms with E-state index in [1.54, 1.807) is 0 Å². The Balaban J connectivity index is 2.64. The molecule has 3 nitrogen and oxygen atoms in total. The summed E-state index contributed by atoms with van der Waals surface area (Å²) in [6, 6.07) is 0. The summed E-state index contributed by atoms with van der Waals surface area (Å²) in [6.45, 7) is 2.90. The van der Waals surface area contributed by atoms with Gasteiger partial charge in [-0.15, -0.1) is 10.2 Å². The molecule has 1 aromatic rings. The van der Waals surface area contributed by atoms with Crippen molar-refractivity contribution in [2.24, 2.45) is 0 Å². The van der Waals surface area contributed by atoms with E-state index >= 15 is 0 Å². The molecule has 0 unspecified atom stereocenters. The second kappa shape index (κ2) is 4.01. The number of alkyl halides is 3. The summed E-state index contributed by atoms with van der Waals surface area (Å²) in [5.41, 5.74) is 0. The van der Waals surface area contributed by atoms with Crippen molar-refractivity contribution >= 4 is 11.3 Å². The highest BCUT2D eigenvalue weighted by atomic mass is 32.1. The third-order valence-electron chi connectivity index (χ3n) is 1.24. The quantitative estimate of drug-likeness (QED) is 0.826. The zero-order valence-corrected chi connectivity index (χ0v) is 7.67. The number of hydrogen-bond donors (Lipinski definition) is 1. The van der Waals surface area contributed by atoms with E-state index in [0.29, 0.717) is 29.4 Å². The lowest BCUT2D eigenvalue weighted by Crippen LogP contribution is -2.11. The minimum absolute atomic E-state index is 0.338. The van der Waals surface area contributed by atoms with Gasteiger partial charge >= 0.3 is 6.18 Å². The van der Waals surface area contributed by atoms with E-state index in [2.05, 4.69) is 15.5 Å². The Morgan fingerprint density at radius 3 is 2.54 bits per heavy atom. The zero-order valence-electron chi connectivity index (χ0n) is 6.85. The van der Waals surface area contributed by atoms with Gasteiger partial charge in [0.05, 0.1) is 0 Å². The van der Waals surface area contributed by atoms with Crippen molar-refractivity contribution in [3.05, 3.63) is 10.0 Å². The van der Waals surface area contributed by atoms with E-state index in [0.717, 1.165) is 0 Å². The first-order chi connectivity index (χ1) is 6.04. The number of aromatic nitrogens is 2. The minimum Gasteiger partial charge on any atom is -0.311 e. The first-order valence-electron chi connectivity index (χ1n) is 3.64. The van der Waals surface area contributed by atoms with Crippen molar-refractivity contribution < 1.29 is 13.2 Å². The van der Waals surface area contributed by atoms with E-state index in [4.69, 9.17) is 0 Å². The van der Waals surface area contributed by atoms with Crippen molar-refractivity contribution in [1.82, 2.24) is 15.5 Å². The van der Waals surface area contributed by atoms with Crippen molar-refractivity contribution in [1.29, 1.82) is 0 Å². The Kier molecular flexibility index (Phi) is 3.21. The maximum absolute atomic E-state index is 12.0. The van der Waals surface area contributed by atoms with Gasteiger partial charge in [-0.05, 0) is 6.54 Å². The van der Waals surface area contributed by atoms with Gasteiger partial charge in [0.25, 0.3) is 0 Å². The molecule has 0 saturated heterocycles. The lowest BCUT2D eigenvalue weighted by Gasteiger charge is -1.97. The van der Waals surface area contributed by atoms with Gasteiger partial charge in [0, 0.05) is 6.54 Å². The van der Waals surface area contributed by atoms with Gasteiger partial charge in [-0.25, -0.2) is 0 Å². The number of nitrogens with zero attached hydrogens (tertiary/aromatic N) is 2. The van der Waals surface area contributed by atoms with Crippen LogP contribution in [-0.4, -0.2) is 16.7 Å². The largest absolute Gasteiger partial charge is 0.445 e. The Bertz CT molecular complexity index is 270. The number of halogens is 3. The number of rotatable bonds is 3. The van der Waals surface area contributed by atoms with Crippen LogP contribution < -0.4 is 5.32 Å². The lowest BCUT2D eigenvalue weighted by atomic mass is 10.6. The second-order valence-corrected chi connectivity index (χ2v) is 3.34. The minimum atomic E-state index is -4.37. The molecule has 74 valence electrons. The molecule has 1 heterocycles. The third-order valence-corrected chi connectivity index (χ3v) is 2.20. The van der Waals surface area contributed by atoms with Crippen molar-refractivity contribution in [2.75, 3.05) is 6.54 Å². The van der Waals surface area contributed by atoms with Crippen LogP contribution >= 0.6 is 11.3 Å². The van der Waals surface area contributed by atoms with Gasteiger partial charge in [-0.3, -0.25) is 0 Å². The zero-order chi connectivity index (χ0) is 9.90. The van der Waals surface area contributed by atoms with Crippen LogP contribution in [0.15, 0.2) is 0 Å². The monoisotopic (exact) mass is 211 g/mol. The molecule has 1 aromatic heterocycles. The molecule has 0 aromatic carbocycles. The van der Waals surface area contributed by atoms with Crippen LogP contribution in [0.4, 0.5) is 13.2 Å². The Labute approximate surface area is 77.0 Å². The highest BCUT2D eigenvalue weighted by Gasteiger charge is 2.35. The predicted molar refractivity (Wildman–Crippen MR) is 42.3 cm³/mol. The van der Waals surface area contributed by atoms with Crippen LogP contribution in [0.3, 0.4) is 0 Å². The lowest BCUT2D eigenvalue weighted by molar-refractivity contribution is -0.138. The number of nitrogens with one attached hydrogen (secondary N) is 1. The Morgan fingerprint density at radius 1 is 1.38 bits per heavy atom. The van der Waals surface area contributed by atoms with Gasteiger partial charge in [-0.2, -0.15) is 13.2 Å². The number of hydrogen-bond acceptors (Lipinski definition) is 4. The van der Waals surface area contributed by atoms with Gasteiger partial charge in [-0.1, -0.05) is 18.3 Å². The summed E-state index contributed by atoms with van der Waals surface area (Å²) in [6.07, 6.45) is -4.37. The molecule has 0 amide bonds. The molecular formula is C6H8F3N3S. The molecule has 0 saturated carbocycles. The Morgan fingerprint density at radius 2 is 2.08 bits per heavy atom. The smallest absolute Gasteiger partial charge is 0.311 e. The van der Waals surface area contributed by atoms with Gasteiger partial charge in [0.1, 0.15) is 5.01 Å². The van der Waals surface area contributed by atoms with Crippen LogP contribution in [0, 0.1) is 0 Å². The average molecular weight is 211 g/mol. The summed E-state index contributed by atoms with van der Waals surface area (Å²) in [5.74, 6) is 0. The topological polar surface area (TPSA) is 37.8 Å². The average Bonchev–Trinajstić information content (AvgIpc) is 2.47. The first-order valence-corrected chi connectivity index (χ1v) is 4.46. The maximum Gasteiger partial charge on any atom is 0.445 e. The molecule has 7 heteroatoms. The van der Waals surface area contributed by atoms with Crippen molar-refractivity contribution in [2.45, 2.75) is 19.6 Å². The molecular weight excluding hydrogens is 203 g/mol. The normalized spacial score (nSPS) is 12.0. The molecule has 1 N–H and O–H groups in total. The molecule has 13 heavy (non-hydrogen) atoms. The van der Waals surface area contributed by atoms with E-state index in [1.807, 2.05) is 6.92 Å². The predicted octanol–water partition coefficient (Wildman–Crippen LogP) is 1.67.